The van der Waals surface area contributed by atoms with Crippen LogP contribution < -0.4 is 15.5 Å². The van der Waals surface area contributed by atoms with Crippen LogP contribution in [0.15, 0.2) is 89.9 Å². The summed E-state index contributed by atoms with van der Waals surface area (Å²) in [6.45, 7) is 14.2. The molecule has 1 radical (unpaired) electrons. The van der Waals surface area contributed by atoms with Crippen LogP contribution in [0.2, 0.25) is 0 Å². The first-order chi connectivity index (χ1) is 15.7. The molecule has 0 bridgehead atoms. The Labute approximate surface area is 234 Å². The van der Waals surface area contributed by atoms with Crippen molar-refractivity contribution in [2.75, 3.05) is 11.4 Å². The Morgan fingerprint density at radius 1 is 0.778 bits per heavy atom. The Morgan fingerprint density at radius 2 is 1.25 bits per heavy atom. The molecule has 3 aromatic rings. The second-order valence-corrected chi connectivity index (χ2v) is 12.4. The van der Waals surface area contributed by atoms with E-state index in [2.05, 4.69) is 131 Å². The molecule has 5 heteroatoms. The largest absolute Gasteiger partial charge is 0.358 e. The molecule has 0 N–H and O–H groups in total. The molecule has 4 rings (SSSR count). The molecule has 0 amide bonds. The van der Waals surface area contributed by atoms with E-state index < -0.39 is 13.7 Å². The van der Waals surface area contributed by atoms with E-state index >= 15 is 0 Å². The zero-order chi connectivity index (χ0) is 23.6. The van der Waals surface area contributed by atoms with Gasteiger partial charge in [-0.3, -0.25) is 4.99 Å². The van der Waals surface area contributed by atoms with Gasteiger partial charge in [0.15, 0.2) is 13.7 Å². The number of hydrogen-bond acceptors (Lipinski definition) is 3. The molecule has 0 fully saturated rings. The third kappa shape index (κ3) is 7.14. The number of benzene rings is 3. The fourth-order valence-corrected chi connectivity index (χ4v) is 6.47. The van der Waals surface area contributed by atoms with Crippen molar-refractivity contribution in [2.45, 2.75) is 53.2 Å². The SMILES string of the molecule is Cc1ccccc1N1C[C@H](C(C)(C)C)N=C1C(C)(C)O[PH+](c1ccccc1)c1ccccc1.[CH3-].[CH3-].[Ir]. The summed E-state index contributed by atoms with van der Waals surface area (Å²) >= 11 is 0. The monoisotopic (exact) mass is 682 g/mol. The Hall–Kier alpha value is -1.83. The van der Waals surface area contributed by atoms with E-state index in [9.17, 15) is 0 Å². The van der Waals surface area contributed by atoms with Crippen molar-refractivity contribution >= 4 is 30.3 Å². The summed E-state index contributed by atoms with van der Waals surface area (Å²) in [4.78, 5) is 7.69. The predicted molar refractivity (Wildman–Crippen MR) is 158 cm³/mol. The zero-order valence-electron chi connectivity index (χ0n) is 23.0. The Kier molecular flexibility index (Phi) is 11.7. The molecule has 1 heterocycles. The van der Waals surface area contributed by atoms with Gasteiger partial charge in [-0.05, 0) is 62.1 Å². The van der Waals surface area contributed by atoms with E-state index in [-0.39, 0.29) is 46.4 Å². The third-order valence-electron chi connectivity index (χ3n) is 6.26. The third-order valence-corrected chi connectivity index (χ3v) is 8.69. The van der Waals surface area contributed by atoms with Crippen molar-refractivity contribution in [1.82, 2.24) is 0 Å². The van der Waals surface area contributed by atoms with Crippen LogP contribution in [0.25, 0.3) is 0 Å². The molecule has 1 aliphatic rings. The summed E-state index contributed by atoms with van der Waals surface area (Å²) in [6.07, 6.45) is 0. The Bertz CT molecular complexity index is 1070. The van der Waals surface area contributed by atoms with E-state index in [1.807, 2.05) is 0 Å². The molecule has 0 saturated heterocycles. The van der Waals surface area contributed by atoms with Gasteiger partial charge in [0.2, 0.25) is 0 Å². The first-order valence-electron chi connectivity index (χ1n) is 11.7. The van der Waals surface area contributed by atoms with Crippen molar-refractivity contribution in [1.29, 1.82) is 0 Å². The topological polar surface area (TPSA) is 24.8 Å². The van der Waals surface area contributed by atoms with E-state index in [1.54, 1.807) is 0 Å². The fourth-order valence-electron chi connectivity index (χ4n) is 4.31. The number of nitrogens with zero attached hydrogens (tertiary/aromatic N) is 2. The average Bonchev–Trinajstić information content (AvgIpc) is 3.26. The molecule has 0 aromatic heterocycles. The molecule has 3 nitrogen and oxygen atoms in total. The Balaban J connectivity index is 0.00000216. The zero-order valence-corrected chi connectivity index (χ0v) is 26.4. The van der Waals surface area contributed by atoms with Crippen LogP contribution in [0.4, 0.5) is 5.69 Å². The maximum atomic E-state index is 7.08. The molecule has 36 heavy (non-hydrogen) atoms. The number of para-hydroxylation sites is 1. The van der Waals surface area contributed by atoms with Crippen molar-refractivity contribution in [3.63, 3.8) is 0 Å². The van der Waals surface area contributed by atoms with Crippen LogP contribution in [0.5, 0.6) is 0 Å². The number of anilines is 1. The van der Waals surface area contributed by atoms with Gasteiger partial charge >= 0.3 is 0 Å². The number of hydrogen-bond donors (Lipinski definition) is 0. The molecule has 1 aliphatic heterocycles. The normalized spacial score (nSPS) is 15.5. The van der Waals surface area contributed by atoms with Gasteiger partial charge in [0.1, 0.15) is 16.4 Å². The van der Waals surface area contributed by atoms with Crippen LogP contribution in [0, 0.1) is 27.2 Å². The van der Waals surface area contributed by atoms with Gasteiger partial charge in [0.25, 0.3) is 0 Å². The molecule has 0 spiro atoms. The number of rotatable bonds is 6. The second kappa shape index (κ2) is 13.1. The summed E-state index contributed by atoms with van der Waals surface area (Å²) in [5.74, 6) is 1.02. The van der Waals surface area contributed by atoms with Crippen molar-refractivity contribution in [3.8, 4) is 0 Å². The van der Waals surface area contributed by atoms with Gasteiger partial charge < -0.3 is 19.8 Å². The van der Waals surface area contributed by atoms with Crippen LogP contribution in [-0.4, -0.2) is 24.0 Å². The standard InChI is InChI=1S/C29H35N2OP.2CH3.Ir/c1-22-15-13-14-20-25(22)31-21-26(28(2,3)4)30-27(31)29(5,6)32-33(23-16-9-7-10-17-23)24-18-11-8-12-19-24;;;/h7-20,26H,21H2,1-6H3;2*1H3;/q;2*-1;/p+1/t26-;;;/m1.../s1. The number of aliphatic imine (C=N–C) groups is 1. The van der Waals surface area contributed by atoms with Crippen molar-refractivity contribution in [3.05, 3.63) is 105 Å². The number of amidine groups is 1. The Morgan fingerprint density at radius 3 is 1.72 bits per heavy atom. The maximum absolute atomic E-state index is 7.08. The average molecular weight is 682 g/mol. The minimum absolute atomic E-state index is 0. The van der Waals surface area contributed by atoms with Crippen molar-refractivity contribution < 1.29 is 24.6 Å². The number of aryl methyl sites for hydroxylation is 1. The van der Waals surface area contributed by atoms with Gasteiger partial charge in [-0.1, -0.05) is 75.4 Å². The van der Waals surface area contributed by atoms with Gasteiger partial charge in [-0.15, -0.1) is 0 Å². The first kappa shape index (κ1) is 32.2. The van der Waals surface area contributed by atoms with Crippen LogP contribution in [-0.2, 0) is 24.6 Å². The summed E-state index contributed by atoms with van der Waals surface area (Å²) < 4.78 is 7.08. The fraction of sp³-hybridized carbons (Fsp3) is 0.323. The minimum Gasteiger partial charge on any atom is -0.358 e. The molecule has 0 unspecified atom stereocenters. The molecule has 3 aromatic carbocycles. The molecular formula is C31H42IrN2OP-. The van der Waals surface area contributed by atoms with Gasteiger partial charge in [0, 0.05) is 32.3 Å². The van der Waals surface area contributed by atoms with Crippen LogP contribution in [0.3, 0.4) is 0 Å². The summed E-state index contributed by atoms with van der Waals surface area (Å²) in [7, 11) is -1.47. The maximum Gasteiger partial charge on any atom is 0.199 e. The summed E-state index contributed by atoms with van der Waals surface area (Å²) in [6, 6.07) is 30.1. The summed E-state index contributed by atoms with van der Waals surface area (Å²) in [5.41, 5.74) is 1.99. The molecule has 0 saturated carbocycles. The smallest absolute Gasteiger partial charge is 0.199 e. The van der Waals surface area contributed by atoms with E-state index in [0.717, 1.165) is 12.4 Å². The molecule has 1 atom stereocenters. The quantitative estimate of drug-likeness (QED) is 0.205. The van der Waals surface area contributed by atoms with E-state index in [1.165, 1.54) is 21.9 Å². The van der Waals surface area contributed by atoms with E-state index in [0.29, 0.717) is 0 Å². The van der Waals surface area contributed by atoms with E-state index in [4.69, 9.17) is 9.52 Å². The van der Waals surface area contributed by atoms with Gasteiger partial charge in [-0.25, -0.2) is 4.52 Å². The van der Waals surface area contributed by atoms with Gasteiger partial charge in [0.05, 0.1) is 6.04 Å². The van der Waals surface area contributed by atoms with Crippen molar-refractivity contribution in [2.24, 2.45) is 10.4 Å². The predicted octanol–water partition coefficient (Wildman–Crippen LogP) is 7.10. The minimum atomic E-state index is -1.47. The molecule has 197 valence electrons. The van der Waals surface area contributed by atoms with Gasteiger partial charge in [-0.2, -0.15) is 0 Å². The first-order valence-corrected chi connectivity index (χ1v) is 13.2. The van der Waals surface area contributed by atoms with Crippen LogP contribution in [0.1, 0.15) is 40.2 Å². The molecular weight excluding hydrogens is 640 g/mol. The second-order valence-electron chi connectivity index (χ2n) is 10.4. The molecule has 0 aliphatic carbocycles. The summed E-state index contributed by atoms with van der Waals surface area (Å²) in [5, 5.41) is 2.49. The van der Waals surface area contributed by atoms with Crippen LogP contribution >= 0.6 is 8.15 Å².